The maximum absolute atomic E-state index is 5.50. The Bertz CT molecular complexity index is 24.3. The van der Waals surface area contributed by atoms with Crippen molar-refractivity contribution in [2.75, 3.05) is 0 Å². The molecular weight excluding hydrogens is 131 g/mol. The van der Waals surface area contributed by atoms with Crippen LogP contribution in [0.4, 0.5) is 0 Å². The summed E-state index contributed by atoms with van der Waals surface area (Å²) in [4.78, 5) is 2.00. The van der Waals surface area contributed by atoms with E-state index >= 15 is 0 Å². The molecule has 2 N–H and O–H groups in total. The van der Waals surface area contributed by atoms with Crippen LogP contribution < -0.4 is 4.91 Å². The molecule has 0 bridgehead atoms. The van der Waals surface area contributed by atoms with Gasteiger partial charge in [0.25, 0.3) is 0 Å². The average molecular weight is 133 g/mol. The molecule has 19 valence electrons. The van der Waals surface area contributed by atoms with E-state index in [2.05, 4.69) is 0 Å². The molecule has 0 heterocycles. The normalized spacial score (nSPS) is 2.00. The van der Waals surface area contributed by atoms with E-state index < -0.39 is 0 Å². The molecule has 0 aromatic heterocycles. The first-order chi connectivity index (χ1) is 1.41. The fourth-order valence-electron chi connectivity index (χ4n) is 0. The van der Waals surface area contributed by atoms with E-state index in [1.165, 1.54) is 0 Å². The fraction of sp³-hybridized carbons (Fsp3) is 0. The van der Waals surface area contributed by atoms with Crippen molar-refractivity contribution in [3.63, 3.8) is 0 Å². The van der Waals surface area contributed by atoms with E-state index in [9.17, 15) is 0 Å². The number of nitrogens with zero attached hydrogens (tertiary/aromatic N) is 1. The van der Waals surface area contributed by atoms with E-state index in [0.717, 1.165) is 0 Å². The second-order valence-corrected chi connectivity index (χ2v) is 0.112. The number of hydrogen-bond donors (Lipinski definition) is 2. The van der Waals surface area contributed by atoms with E-state index in [-0.39, 0.29) is 32.7 Å². The Morgan fingerprint density at radius 2 is 1.25 bits per heavy atom. The molecule has 0 aliphatic rings. The van der Waals surface area contributed by atoms with Crippen LogP contribution in [0.25, 0.3) is 0 Å². The summed E-state index contributed by atoms with van der Waals surface area (Å²) >= 11 is 0. The largest absolute Gasteiger partial charge is 0.211 e. The summed E-state index contributed by atoms with van der Waals surface area (Å²) in [6, 6.07) is 0. The molecule has 0 fully saturated rings. The van der Waals surface area contributed by atoms with E-state index in [1.54, 1.807) is 0 Å². The van der Waals surface area contributed by atoms with Crippen molar-refractivity contribution in [3.05, 3.63) is 0 Å². The molecule has 0 aliphatic carbocycles. The van der Waals surface area contributed by atoms with Gasteiger partial charge in [-0.1, -0.05) is 0 Å². The zero-order chi connectivity index (χ0) is 2.71. The molecule has 0 saturated carbocycles. The smallest absolute Gasteiger partial charge is 0 e. The van der Waals surface area contributed by atoms with Gasteiger partial charge in [0.2, 0.25) is 4.91 Å². The Kier molecular flexibility index (Phi) is 22.0. The van der Waals surface area contributed by atoms with Crippen LogP contribution in [0.3, 0.4) is 0 Å². The summed E-state index contributed by atoms with van der Waals surface area (Å²) in [5.74, 6) is 0. The Labute approximate surface area is 48.7 Å². The van der Waals surface area contributed by atoms with Crippen molar-refractivity contribution in [1.82, 2.24) is 4.91 Å². The first kappa shape index (κ1) is 8.83. The predicted molar refractivity (Wildman–Crippen MR) is 7.57 cm³/mol. The van der Waals surface area contributed by atoms with Crippen LogP contribution in [0.5, 0.6) is 0 Å². The maximum atomic E-state index is 5.50. The van der Waals surface area contributed by atoms with Crippen LogP contribution in [0.1, 0.15) is 0 Å². The van der Waals surface area contributed by atoms with Gasteiger partial charge in [0.05, 0.1) is 0 Å². The van der Waals surface area contributed by atoms with Gasteiger partial charge in [-0.25, -0.2) is 0 Å². The van der Waals surface area contributed by atoms with E-state index in [0.29, 0.717) is 0 Å². The zero-order valence-corrected chi connectivity index (χ0v) is 4.86. The predicted octanol–water partition coefficient (Wildman–Crippen LogP) is 0.113. The van der Waals surface area contributed by atoms with Gasteiger partial charge in [0.1, 0.15) is 11.1 Å². The van der Waals surface area contributed by atoms with E-state index in [4.69, 9.17) is 11.1 Å². The maximum Gasteiger partial charge on any atom is 0.211 e. The second-order valence-electron chi connectivity index (χ2n) is 0.112. The monoisotopic (exact) mass is 133 g/mol. The summed E-state index contributed by atoms with van der Waals surface area (Å²) in [6.45, 7) is 0. The first-order valence-electron chi connectivity index (χ1n) is 0.447. The van der Waals surface area contributed by atoms with Crippen molar-refractivity contribution in [3.8, 4) is 0 Å². The third-order valence-electron chi connectivity index (χ3n) is 0. The molecule has 0 spiro atoms. The molecule has 0 aliphatic heterocycles. The molecule has 3 nitrogen and oxygen atoms in total. The van der Waals surface area contributed by atoms with Crippen molar-refractivity contribution < 1.29 is 32.7 Å². The fourth-order valence-corrected chi connectivity index (χ4v) is 0. The molecule has 0 amide bonds. The Morgan fingerprint density at radius 1 is 1.25 bits per heavy atom. The van der Waals surface area contributed by atoms with Gasteiger partial charge in [-0.2, -0.15) is 0 Å². The van der Waals surface area contributed by atoms with Crippen LogP contribution >= 0.6 is 0 Å². The van der Waals surface area contributed by atoms with Crippen LogP contribution in [0, 0.1) is 11.1 Å². The Morgan fingerprint density at radius 3 is 1.25 bits per heavy atom. The minimum absolute atomic E-state index is 0. The van der Waals surface area contributed by atoms with Gasteiger partial charge in [-0.3, -0.25) is 0 Å². The number of hydrogen-bond acceptors (Lipinski definition) is 2. The first-order valence-corrected chi connectivity index (χ1v) is 0.447. The van der Waals surface area contributed by atoms with Crippen LogP contribution in [0.15, 0.2) is 0 Å². The molecule has 0 unspecified atom stereocenters. The van der Waals surface area contributed by atoms with Gasteiger partial charge in [0.15, 0.2) is 0 Å². The average Bonchev–Trinajstić information content (AvgIpc) is 0.918. The molecular formula is H2N3Y+. The van der Waals surface area contributed by atoms with Gasteiger partial charge < -0.3 is 0 Å². The van der Waals surface area contributed by atoms with Crippen molar-refractivity contribution in [1.29, 1.82) is 11.1 Å². The third kappa shape index (κ3) is 28.2. The number of rotatable bonds is 0. The summed E-state index contributed by atoms with van der Waals surface area (Å²) < 4.78 is 0. The molecule has 0 atom stereocenters. The molecule has 0 aromatic rings. The SMILES string of the molecule is N=[N+]=N.[Y]. The Hall–Kier alpha value is 0.414. The minimum atomic E-state index is 0. The molecule has 1 radical (unpaired) electrons. The molecule has 0 rings (SSSR count). The van der Waals surface area contributed by atoms with Gasteiger partial charge in [-0.05, 0) is 0 Å². The van der Waals surface area contributed by atoms with Gasteiger partial charge in [-0.15, -0.1) is 0 Å². The minimum Gasteiger partial charge on any atom is 0 e. The summed E-state index contributed by atoms with van der Waals surface area (Å²) in [5, 5.41) is 0. The molecule has 0 aromatic carbocycles. The molecule has 0 saturated heterocycles. The topological polar surface area (TPSA) is 61.8 Å². The molecule has 4 heavy (non-hydrogen) atoms. The van der Waals surface area contributed by atoms with Crippen LogP contribution in [0.2, 0.25) is 0 Å². The summed E-state index contributed by atoms with van der Waals surface area (Å²) in [5.41, 5.74) is 11.0. The standard InChI is InChI=1S/H2N3.Y/c1-3-2;/h1-2H;/q+1;. The Balaban J connectivity index is 0. The van der Waals surface area contributed by atoms with E-state index in [1.807, 2.05) is 4.91 Å². The zero-order valence-electron chi connectivity index (χ0n) is 2.02. The summed E-state index contributed by atoms with van der Waals surface area (Å²) in [6.07, 6.45) is 0. The van der Waals surface area contributed by atoms with Crippen molar-refractivity contribution in [2.24, 2.45) is 0 Å². The number of nitrogens with one attached hydrogen (secondary N) is 2. The van der Waals surface area contributed by atoms with Crippen LogP contribution in [-0.4, -0.2) is 0 Å². The van der Waals surface area contributed by atoms with Crippen molar-refractivity contribution in [2.45, 2.75) is 0 Å². The third-order valence-corrected chi connectivity index (χ3v) is 0. The molecule has 4 heteroatoms. The quantitative estimate of drug-likeness (QED) is 0.348. The van der Waals surface area contributed by atoms with Crippen LogP contribution in [-0.2, 0) is 32.7 Å². The van der Waals surface area contributed by atoms with Gasteiger partial charge >= 0.3 is 0 Å². The van der Waals surface area contributed by atoms with Crippen molar-refractivity contribution >= 4 is 0 Å². The summed E-state index contributed by atoms with van der Waals surface area (Å²) in [7, 11) is 0. The van der Waals surface area contributed by atoms with Gasteiger partial charge in [0, 0.05) is 32.7 Å². The second kappa shape index (κ2) is 9.95.